The molecule has 2 aliphatic rings. The number of halogens is 3. The number of ether oxygens (including phenoxy) is 1. The highest BCUT2D eigenvalue weighted by Crippen LogP contribution is 2.37. The summed E-state index contributed by atoms with van der Waals surface area (Å²) in [6, 6.07) is 4.71. The summed E-state index contributed by atoms with van der Waals surface area (Å²) < 4.78 is 46.3. The maximum atomic E-state index is 13.9. The van der Waals surface area contributed by atoms with Crippen LogP contribution in [-0.2, 0) is 15.7 Å². The summed E-state index contributed by atoms with van der Waals surface area (Å²) in [4.78, 5) is 33.5. The molecule has 1 aliphatic carbocycles. The largest absolute Gasteiger partial charge is 0.453 e. The molecule has 1 atom stereocenters. The first-order valence-corrected chi connectivity index (χ1v) is 11.9. The third kappa shape index (κ3) is 6.31. The number of methoxy groups -OCH3 is 1. The van der Waals surface area contributed by atoms with Crippen molar-refractivity contribution in [2.45, 2.75) is 31.5 Å². The first-order chi connectivity index (χ1) is 18.2. The number of nitrogens with zero attached hydrogens (tertiary/aromatic N) is 3. The first kappa shape index (κ1) is 26.7. The highest BCUT2D eigenvalue weighted by atomic mass is 19.4. The van der Waals surface area contributed by atoms with Gasteiger partial charge in [-0.05, 0) is 48.6 Å². The number of piperidine rings is 1. The second kappa shape index (κ2) is 11.4. The van der Waals surface area contributed by atoms with Crippen LogP contribution in [0.4, 0.5) is 41.1 Å². The number of carbonyl (C=O) groups excluding carboxylic acids is 2. The Morgan fingerprint density at radius 1 is 1.26 bits per heavy atom. The van der Waals surface area contributed by atoms with Crippen LogP contribution in [0.5, 0.6) is 0 Å². The van der Waals surface area contributed by atoms with Crippen molar-refractivity contribution in [3.8, 4) is 0 Å². The van der Waals surface area contributed by atoms with Crippen LogP contribution in [0.1, 0.15) is 30.4 Å². The van der Waals surface area contributed by atoms with E-state index in [9.17, 15) is 22.8 Å². The minimum Gasteiger partial charge on any atom is -0.453 e. The number of alkyl halides is 3. The van der Waals surface area contributed by atoms with E-state index in [0.717, 1.165) is 23.6 Å². The summed E-state index contributed by atoms with van der Waals surface area (Å²) in [5.74, 6) is -1.04. The maximum Gasteiger partial charge on any atom is 0.421 e. The van der Waals surface area contributed by atoms with Gasteiger partial charge in [-0.15, -0.1) is 0 Å². The first-order valence-electron chi connectivity index (χ1n) is 11.9. The van der Waals surface area contributed by atoms with E-state index in [1.807, 2.05) is 18.2 Å². The summed E-state index contributed by atoms with van der Waals surface area (Å²) >= 11 is 0. The molecule has 0 saturated carbocycles. The summed E-state index contributed by atoms with van der Waals surface area (Å²) in [6.45, 7) is 4.26. The molecule has 0 spiro atoms. The van der Waals surface area contributed by atoms with Crippen molar-refractivity contribution >= 4 is 40.7 Å². The molecule has 1 aromatic heterocycles. The van der Waals surface area contributed by atoms with Crippen molar-refractivity contribution in [3.05, 3.63) is 66.4 Å². The van der Waals surface area contributed by atoms with Gasteiger partial charge in [-0.25, -0.2) is 9.78 Å². The molecule has 1 fully saturated rings. The Labute approximate surface area is 217 Å². The average molecular weight is 529 g/mol. The van der Waals surface area contributed by atoms with Crippen LogP contribution in [0.3, 0.4) is 0 Å². The van der Waals surface area contributed by atoms with Crippen molar-refractivity contribution in [1.82, 2.24) is 14.9 Å². The highest BCUT2D eigenvalue weighted by molar-refractivity contribution is 6.02. The molecule has 2 heterocycles. The molecule has 1 aromatic carbocycles. The number of hydrogen-bond donors (Lipinski definition) is 3. The molecule has 200 valence electrons. The Morgan fingerprint density at radius 2 is 2.08 bits per heavy atom. The van der Waals surface area contributed by atoms with Crippen LogP contribution in [-0.4, -0.2) is 53.1 Å². The van der Waals surface area contributed by atoms with Crippen LogP contribution in [0, 0.1) is 0 Å². The second-order valence-electron chi connectivity index (χ2n) is 8.73. The lowest BCUT2D eigenvalue weighted by molar-refractivity contribution is -0.137. The van der Waals surface area contributed by atoms with Crippen LogP contribution < -0.4 is 16.0 Å². The Morgan fingerprint density at radius 3 is 2.76 bits per heavy atom. The lowest BCUT2D eigenvalue weighted by atomic mass is 10.1. The zero-order valence-electron chi connectivity index (χ0n) is 20.6. The fraction of sp³-hybridized carbons (Fsp3) is 0.308. The fourth-order valence-corrected chi connectivity index (χ4v) is 4.25. The third-order valence-electron chi connectivity index (χ3n) is 6.10. The molecule has 2 amide bonds. The molecule has 3 N–H and O–H groups in total. The second-order valence-corrected chi connectivity index (χ2v) is 8.73. The quantitative estimate of drug-likeness (QED) is 0.416. The van der Waals surface area contributed by atoms with Gasteiger partial charge in [-0.2, -0.15) is 18.2 Å². The van der Waals surface area contributed by atoms with Gasteiger partial charge in [0.25, 0.3) is 0 Å². The van der Waals surface area contributed by atoms with Crippen molar-refractivity contribution in [2.24, 2.45) is 0 Å². The maximum absolute atomic E-state index is 13.9. The molecule has 2 aromatic rings. The topological polar surface area (TPSA) is 108 Å². The lowest BCUT2D eigenvalue weighted by Gasteiger charge is -2.32. The van der Waals surface area contributed by atoms with Gasteiger partial charge in [0.1, 0.15) is 11.4 Å². The Balaban J connectivity index is 1.64. The van der Waals surface area contributed by atoms with Crippen molar-refractivity contribution < 1.29 is 27.5 Å². The minimum absolute atomic E-state index is 0.0354. The van der Waals surface area contributed by atoms with Gasteiger partial charge in [0, 0.05) is 25.3 Å². The Kier molecular flexibility index (Phi) is 7.99. The normalized spacial score (nSPS) is 17.0. The van der Waals surface area contributed by atoms with Gasteiger partial charge in [0.05, 0.1) is 18.5 Å². The molecule has 38 heavy (non-hydrogen) atoms. The monoisotopic (exact) mass is 528 g/mol. The zero-order chi connectivity index (χ0) is 27.3. The summed E-state index contributed by atoms with van der Waals surface area (Å²) in [6.07, 6.45) is 4.58. The van der Waals surface area contributed by atoms with Crippen molar-refractivity contribution in [3.63, 3.8) is 0 Å². The number of anilines is 4. The molecule has 1 saturated heterocycles. The van der Waals surface area contributed by atoms with Crippen LogP contribution in [0.2, 0.25) is 0 Å². The summed E-state index contributed by atoms with van der Waals surface area (Å²) in [5, 5.41) is 8.39. The molecule has 0 radical (unpaired) electrons. The van der Waals surface area contributed by atoms with E-state index in [4.69, 9.17) is 4.74 Å². The standard InChI is InChI=1S/C26H27F3N6O3/c1-3-22(36)32-21-13-17(16-7-4-5-8-16)10-11-20(21)33-23-19(26(27,28)29)14-30-24(34-23)31-18-9-6-12-35(15-18)25(37)38-2/h3-4,7-8,10-11,13-14,18H,1,5-6,9,12,15H2,2H3,(H,32,36)(H2,30,31,33,34)/t18-/m0/s1. The predicted molar refractivity (Wildman–Crippen MR) is 138 cm³/mol. The van der Waals surface area contributed by atoms with E-state index in [1.165, 1.54) is 12.0 Å². The molecule has 12 heteroatoms. The highest BCUT2D eigenvalue weighted by Gasteiger charge is 2.36. The number of amides is 2. The average Bonchev–Trinajstić information content (AvgIpc) is 3.44. The van der Waals surface area contributed by atoms with Gasteiger partial charge < -0.3 is 25.6 Å². The summed E-state index contributed by atoms with van der Waals surface area (Å²) in [7, 11) is 1.29. The number of rotatable bonds is 7. The van der Waals surface area contributed by atoms with Gasteiger partial charge in [0.2, 0.25) is 11.9 Å². The zero-order valence-corrected chi connectivity index (χ0v) is 20.6. The Bertz CT molecular complexity index is 1290. The summed E-state index contributed by atoms with van der Waals surface area (Å²) in [5.41, 5.74) is 1.11. The molecule has 4 rings (SSSR count). The number of likely N-dealkylation sites (tertiary alicyclic amines) is 1. The van der Waals surface area contributed by atoms with E-state index in [1.54, 1.807) is 18.2 Å². The van der Waals surface area contributed by atoms with Gasteiger partial charge in [-0.3, -0.25) is 4.79 Å². The third-order valence-corrected chi connectivity index (χ3v) is 6.10. The Hall–Kier alpha value is -4.35. The number of nitrogens with one attached hydrogen (secondary N) is 3. The molecule has 1 aliphatic heterocycles. The number of hydrogen-bond acceptors (Lipinski definition) is 7. The van der Waals surface area contributed by atoms with Gasteiger partial charge >= 0.3 is 12.3 Å². The van der Waals surface area contributed by atoms with Crippen molar-refractivity contribution in [1.29, 1.82) is 0 Å². The van der Waals surface area contributed by atoms with Crippen LogP contribution >= 0.6 is 0 Å². The number of carbonyl (C=O) groups is 2. The SMILES string of the molecule is C=CC(=O)Nc1cc(C2=CCC=C2)ccc1Nc1nc(N[C@H]2CCCN(C(=O)OC)C2)ncc1C(F)(F)F. The van der Waals surface area contributed by atoms with E-state index in [2.05, 4.69) is 32.5 Å². The number of benzene rings is 1. The van der Waals surface area contributed by atoms with E-state index in [0.29, 0.717) is 32.1 Å². The smallest absolute Gasteiger partial charge is 0.421 e. The molecule has 0 bridgehead atoms. The van der Waals surface area contributed by atoms with Crippen LogP contribution in [0.25, 0.3) is 5.57 Å². The fourth-order valence-electron chi connectivity index (χ4n) is 4.25. The molecule has 0 unspecified atom stereocenters. The van der Waals surface area contributed by atoms with Crippen LogP contribution in [0.15, 0.2) is 55.3 Å². The van der Waals surface area contributed by atoms with E-state index < -0.39 is 29.6 Å². The predicted octanol–water partition coefficient (Wildman–Crippen LogP) is 5.35. The molecule has 9 nitrogen and oxygen atoms in total. The minimum atomic E-state index is -4.74. The van der Waals surface area contributed by atoms with Gasteiger partial charge in [0.15, 0.2) is 0 Å². The molecular weight excluding hydrogens is 501 g/mol. The number of allylic oxidation sites excluding steroid dienone is 4. The number of aromatic nitrogens is 2. The van der Waals surface area contributed by atoms with Crippen molar-refractivity contribution in [2.75, 3.05) is 36.1 Å². The lowest BCUT2D eigenvalue weighted by Crippen LogP contribution is -2.45. The van der Waals surface area contributed by atoms with E-state index in [-0.39, 0.29) is 23.4 Å². The van der Waals surface area contributed by atoms with E-state index >= 15 is 0 Å². The van der Waals surface area contributed by atoms with Gasteiger partial charge in [-0.1, -0.05) is 30.9 Å². The molecular formula is C26H27F3N6O3.